The van der Waals surface area contributed by atoms with Crippen LogP contribution in [-0.2, 0) is 12.8 Å². The van der Waals surface area contributed by atoms with Gasteiger partial charge in [-0.2, -0.15) is 0 Å². The van der Waals surface area contributed by atoms with Gasteiger partial charge in [-0.3, -0.25) is 0 Å². The normalized spacial score (nSPS) is 12.1. The van der Waals surface area contributed by atoms with E-state index in [-0.39, 0.29) is 0 Å². The monoisotopic (exact) mass is 300 g/mol. The Hall–Kier alpha value is -2.34. The van der Waals surface area contributed by atoms with E-state index in [1.54, 1.807) is 0 Å². The fraction of sp³-hybridized carbons (Fsp3) is 0.217. The Bertz CT molecular complexity index is 742. The van der Waals surface area contributed by atoms with Gasteiger partial charge in [-0.15, -0.1) is 0 Å². The molecule has 0 nitrogen and oxygen atoms in total. The van der Waals surface area contributed by atoms with Crippen molar-refractivity contribution >= 4 is 0 Å². The van der Waals surface area contributed by atoms with Gasteiger partial charge in [-0.25, -0.2) is 0 Å². The zero-order chi connectivity index (χ0) is 16.1. The van der Waals surface area contributed by atoms with Crippen molar-refractivity contribution in [3.63, 3.8) is 0 Å². The van der Waals surface area contributed by atoms with E-state index < -0.39 is 0 Å². The lowest BCUT2D eigenvalue weighted by Gasteiger charge is -2.19. The molecule has 0 saturated heterocycles. The second-order valence-corrected chi connectivity index (χ2v) is 6.18. The first-order valence-corrected chi connectivity index (χ1v) is 8.50. The van der Waals surface area contributed by atoms with Crippen LogP contribution in [0.2, 0.25) is 0 Å². The second kappa shape index (κ2) is 7.28. The van der Waals surface area contributed by atoms with Crippen LogP contribution < -0.4 is 0 Å². The lowest BCUT2D eigenvalue weighted by molar-refractivity contribution is 0.748. The van der Waals surface area contributed by atoms with Crippen molar-refractivity contribution in [2.75, 3.05) is 0 Å². The van der Waals surface area contributed by atoms with Gasteiger partial charge in [0.2, 0.25) is 0 Å². The molecule has 0 aliphatic heterocycles. The third-order valence-corrected chi connectivity index (χ3v) is 4.57. The molecule has 1 atom stereocenters. The highest BCUT2D eigenvalue weighted by atomic mass is 14.2. The third kappa shape index (κ3) is 3.53. The molecule has 0 aliphatic rings. The van der Waals surface area contributed by atoms with Crippen molar-refractivity contribution in [1.82, 2.24) is 0 Å². The molecular formula is C23H24. The first-order valence-electron chi connectivity index (χ1n) is 8.50. The van der Waals surface area contributed by atoms with Crippen molar-refractivity contribution in [3.05, 3.63) is 95.6 Å². The zero-order valence-corrected chi connectivity index (χ0v) is 14.0. The van der Waals surface area contributed by atoms with Crippen LogP contribution in [0.1, 0.15) is 36.5 Å². The summed E-state index contributed by atoms with van der Waals surface area (Å²) in [5.41, 5.74) is 7.08. The number of hydrogen-bond acceptors (Lipinski definition) is 0. The first-order chi connectivity index (χ1) is 11.3. The molecule has 1 unspecified atom stereocenters. The van der Waals surface area contributed by atoms with Crippen LogP contribution in [0.4, 0.5) is 0 Å². The number of benzene rings is 3. The van der Waals surface area contributed by atoms with Gasteiger partial charge in [0, 0.05) is 0 Å². The Kier molecular flexibility index (Phi) is 4.92. The Labute approximate surface area is 139 Å². The fourth-order valence-electron chi connectivity index (χ4n) is 3.43. The highest BCUT2D eigenvalue weighted by molar-refractivity contribution is 5.69. The minimum absolute atomic E-state index is 0.524. The number of hydrogen-bond donors (Lipinski definition) is 0. The van der Waals surface area contributed by atoms with Gasteiger partial charge >= 0.3 is 0 Å². The van der Waals surface area contributed by atoms with Gasteiger partial charge in [0.25, 0.3) is 0 Å². The molecule has 3 aromatic rings. The quantitative estimate of drug-likeness (QED) is 0.521. The summed E-state index contributed by atoms with van der Waals surface area (Å²) in [6.45, 7) is 4.61. The average Bonchev–Trinajstić information content (AvgIpc) is 2.62. The van der Waals surface area contributed by atoms with Crippen LogP contribution in [0.15, 0.2) is 78.9 Å². The summed E-state index contributed by atoms with van der Waals surface area (Å²) in [6.07, 6.45) is 2.16. The Morgan fingerprint density at radius 2 is 1.39 bits per heavy atom. The van der Waals surface area contributed by atoms with Crippen LogP contribution in [-0.4, -0.2) is 0 Å². The highest BCUT2D eigenvalue weighted by Crippen LogP contribution is 2.32. The van der Waals surface area contributed by atoms with Gasteiger partial charge < -0.3 is 0 Å². The predicted octanol–water partition coefficient (Wildman–Crippen LogP) is 6.26. The van der Waals surface area contributed by atoms with Gasteiger partial charge in [-0.05, 0) is 46.6 Å². The molecular weight excluding hydrogens is 276 g/mol. The van der Waals surface area contributed by atoms with Crippen molar-refractivity contribution in [2.45, 2.75) is 32.6 Å². The minimum atomic E-state index is 0.524. The summed E-state index contributed by atoms with van der Waals surface area (Å²) < 4.78 is 0. The highest BCUT2D eigenvalue weighted by Gasteiger charge is 2.14. The van der Waals surface area contributed by atoms with E-state index >= 15 is 0 Å². The molecule has 0 heterocycles. The molecule has 0 fully saturated rings. The SMILES string of the molecule is CCc1c(-c2ccccc2)cccc1C(C)Cc1ccccc1. The molecule has 3 rings (SSSR count). The average molecular weight is 300 g/mol. The molecule has 0 aliphatic carbocycles. The molecule has 23 heavy (non-hydrogen) atoms. The zero-order valence-electron chi connectivity index (χ0n) is 14.0. The second-order valence-electron chi connectivity index (χ2n) is 6.18. The van der Waals surface area contributed by atoms with E-state index in [2.05, 4.69) is 92.7 Å². The van der Waals surface area contributed by atoms with Crippen LogP contribution >= 0.6 is 0 Å². The van der Waals surface area contributed by atoms with Gasteiger partial charge in [-0.1, -0.05) is 92.7 Å². The van der Waals surface area contributed by atoms with Crippen LogP contribution in [0, 0.1) is 0 Å². The summed E-state index contributed by atoms with van der Waals surface area (Å²) in [4.78, 5) is 0. The Morgan fingerprint density at radius 1 is 0.739 bits per heavy atom. The van der Waals surface area contributed by atoms with E-state index in [4.69, 9.17) is 0 Å². The molecule has 0 radical (unpaired) electrons. The standard InChI is InChI=1S/C23H24/c1-3-21-22(18(2)17-19-11-6-4-7-12-19)15-10-16-23(21)20-13-8-5-9-14-20/h4-16,18H,3,17H2,1-2H3. The molecule has 3 aromatic carbocycles. The molecule has 0 N–H and O–H groups in total. The fourth-order valence-corrected chi connectivity index (χ4v) is 3.43. The van der Waals surface area contributed by atoms with E-state index in [1.807, 2.05) is 0 Å². The summed E-state index contributed by atoms with van der Waals surface area (Å²) in [5.74, 6) is 0.524. The molecule has 0 saturated carbocycles. The van der Waals surface area contributed by atoms with E-state index in [0.717, 1.165) is 12.8 Å². The first kappa shape index (κ1) is 15.6. The molecule has 0 aromatic heterocycles. The van der Waals surface area contributed by atoms with Gasteiger partial charge in [0.1, 0.15) is 0 Å². The molecule has 0 heteroatoms. The number of rotatable bonds is 5. The molecule has 0 bridgehead atoms. The van der Waals surface area contributed by atoms with Gasteiger partial charge in [0.15, 0.2) is 0 Å². The van der Waals surface area contributed by atoms with Crippen molar-refractivity contribution in [3.8, 4) is 11.1 Å². The summed E-state index contributed by atoms with van der Waals surface area (Å²) in [6, 6.07) is 28.3. The van der Waals surface area contributed by atoms with Crippen molar-refractivity contribution < 1.29 is 0 Å². The van der Waals surface area contributed by atoms with Crippen molar-refractivity contribution in [2.24, 2.45) is 0 Å². The van der Waals surface area contributed by atoms with Crippen LogP contribution in [0.3, 0.4) is 0 Å². The van der Waals surface area contributed by atoms with Crippen LogP contribution in [0.25, 0.3) is 11.1 Å². The van der Waals surface area contributed by atoms with E-state index in [1.165, 1.54) is 27.8 Å². The summed E-state index contributed by atoms with van der Waals surface area (Å²) in [7, 11) is 0. The Morgan fingerprint density at radius 3 is 2.04 bits per heavy atom. The maximum Gasteiger partial charge on any atom is -0.0147 e. The van der Waals surface area contributed by atoms with E-state index in [0.29, 0.717) is 5.92 Å². The third-order valence-electron chi connectivity index (χ3n) is 4.57. The maximum atomic E-state index is 2.34. The minimum Gasteiger partial charge on any atom is -0.0622 e. The predicted molar refractivity (Wildman–Crippen MR) is 99.8 cm³/mol. The lowest BCUT2D eigenvalue weighted by Crippen LogP contribution is -2.04. The Balaban J connectivity index is 1.96. The molecule has 116 valence electrons. The summed E-state index contributed by atoms with van der Waals surface area (Å²) >= 11 is 0. The molecule has 0 spiro atoms. The van der Waals surface area contributed by atoms with Crippen LogP contribution in [0.5, 0.6) is 0 Å². The lowest BCUT2D eigenvalue weighted by atomic mass is 9.85. The molecule has 0 amide bonds. The van der Waals surface area contributed by atoms with E-state index in [9.17, 15) is 0 Å². The van der Waals surface area contributed by atoms with Crippen molar-refractivity contribution in [1.29, 1.82) is 0 Å². The smallest absolute Gasteiger partial charge is 0.0147 e. The summed E-state index contributed by atoms with van der Waals surface area (Å²) in [5, 5.41) is 0. The topological polar surface area (TPSA) is 0 Å². The largest absolute Gasteiger partial charge is 0.0622 e. The maximum absolute atomic E-state index is 2.34. The van der Waals surface area contributed by atoms with Gasteiger partial charge in [0.05, 0.1) is 0 Å².